The molecule has 6 heteroatoms. The first-order valence-electron chi connectivity index (χ1n) is 7.24. The molecule has 1 N–H and O–H groups in total. The van der Waals surface area contributed by atoms with Crippen LogP contribution >= 0.6 is 0 Å². The molecule has 1 aromatic carbocycles. The third-order valence-corrected chi connectivity index (χ3v) is 3.73. The minimum atomic E-state index is -0.159. The zero-order chi connectivity index (χ0) is 15.7. The summed E-state index contributed by atoms with van der Waals surface area (Å²) in [6, 6.07) is 8.12. The maximum absolute atomic E-state index is 12.6. The molecule has 0 radical (unpaired) electrons. The molecule has 114 valence electrons. The minimum Gasteiger partial charge on any atom is -0.324 e. The quantitative estimate of drug-likeness (QED) is 0.940. The maximum atomic E-state index is 12.6. The van der Waals surface area contributed by atoms with E-state index < -0.39 is 0 Å². The van der Waals surface area contributed by atoms with E-state index in [2.05, 4.69) is 16.5 Å². The van der Waals surface area contributed by atoms with Crippen LogP contribution in [0.5, 0.6) is 0 Å². The number of hydrogen-bond donors (Lipinski definition) is 1. The monoisotopic (exact) mass is 298 g/mol. The molecule has 1 unspecified atom stereocenters. The van der Waals surface area contributed by atoms with Crippen LogP contribution in [0, 0.1) is 0 Å². The number of nitrogens with zero attached hydrogens (tertiary/aromatic N) is 3. The van der Waals surface area contributed by atoms with Gasteiger partial charge in [-0.3, -0.25) is 14.3 Å². The van der Waals surface area contributed by atoms with Crippen molar-refractivity contribution in [2.24, 2.45) is 0 Å². The molecule has 0 spiro atoms. The highest BCUT2D eigenvalue weighted by molar-refractivity contribution is 5.96. The number of aromatic nitrogens is 2. The molecule has 1 atom stereocenters. The van der Waals surface area contributed by atoms with Crippen LogP contribution in [0.25, 0.3) is 0 Å². The molecule has 1 aliphatic heterocycles. The number of carbonyl (C=O) groups is 2. The van der Waals surface area contributed by atoms with Gasteiger partial charge in [-0.2, -0.15) is 5.10 Å². The number of para-hydroxylation sites is 1. The molecule has 0 fully saturated rings. The summed E-state index contributed by atoms with van der Waals surface area (Å²) >= 11 is 0. The molecule has 0 saturated carbocycles. The van der Waals surface area contributed by atoms with Crippen molar-refractivity contribution < 1.29 is 9.59 Å². The van der Waals surface area contributed by atoms with Crippen LogP contribution in [-0.4, -0.2) is 27.6 Å². The number of carbonyl (C=O) groups excluding carboxylic acids is 2. The molecule has 1 aliphatic rings. The average Bonchev–Trinajstić information content (AvgIpc) is 3.01. The minimum absolute atomic E-state index is 0.00470. The van der Waals surface area contributed by atoms with Crippen LogP contribution in [-0.2, 0) is 22.6 Å². The molecule has 0 aliphatic carbocycles. The molecule has 2 amide bonds. The normalized spacial score (nSPS) is 16.5. The molecule has 0 saturated heterocycles. The first-order chi connectivity index (χ1) is 10.5. The summed E-state index contributed by atoms with van der Waals surface area (Å²) in [6.07, 6.45) is 4.07. The highest BCUT2D eigenvalue weighted by atomic mass is 16.2. The maximum Gasteiger partial charge on any atom is 0.248 e. The summed E-state index contributed by atoms with van der Waals surface area (Å²) in [6.45, 7) is 3.63. The van der Waals surface area contributed by atoms with Crippen LogP contribution in [0.15, 0.2) is 36.7 Å². The first kappa shape index (κ1) is 14.3. The van der Waals surface area contributed by atoms with Crippen molar-refractivity contribution in [1.29, 1.82) is 0 Å². The average molecular weight is 298 g/mol. The molecular weight excluding hydrogens is 280 g/mol. The molecule has 3 rings (SSSR count). The fourth-order valence-electron chi connectivity index (χ4n) is 2.88. The van der Waals surface area contributed by atoms with E-state index in [0.717, 1.165) is 12.1 Å². The third-order valence-electron chi connectivity index (χ3n) is 3.73. The van der Waals surface area contributed by atoms with Gasteiger partial charge in [-0.1, -0.05) is 18.2 Å². The van der Waals surface area contributed by atoms with Gasteiger partial charge in [0, 0.05) is 24.8 Å². The summed E-state index contributed by atoms with van der Waals surface area (Å²) in [5, 5.41) is 6.76. The number of amides is 2. The van der Waals surface area contributed by atoms with E-state index in [4.69, 9.17) is 0 Å². The zero-order valence-electron chi connectivity index (χ0n) is 12.6. The van der Waals surface area contributed by atoms with Gasteiger partial charge in [0.1, 0.15) is 6.54 Å². The predicted octanol–water partition coefficient (Wildman–Crippen LogP) is 1.82. The van der Waals surface area contributed by atoms with Crippen molar-refractivity contribution in [3.63, 3.8) is 0 Å². The van der Waals surface area contributed by atoms with E-state index >= 15 is 0 Å². The van der Waals surface area contributed by atoms with E-state index in [1.54, 1.807) is 10.9 Å². The lowest BCUT2D eigenvalue weighted by atomic mass is 10.1. The van der Waals surface area contributed by atoms with Gasteiger partial charge in [0.05, 0.1) is 11.9 Å². The Morgan fingerprint density at radius 3 is 2.91 bits per heavy atom. The predicted molar refractivity (Wildman–Crippen MR) is 83.6 cm³/mol. The van der Waals surface area contributed by atoms with Crippen LogP contribution in [0.2, 0.25) is 0 Å². The van der Waals surface area contributed by atoms with Gasteiger partial charge in [-0.05, 0) is 25.0 Å². The van der Waals surface area contributed by atoms with Crippen LogP contribution in [0.3, 0.4) is 0 Å². The lowest BCUT2D eigenvalue weighted by Gasteiger charge is -2.22. The van der Waals surface area contributed by atoms with E-state index in [1.807, 2.05) is 30.0 Å². The largest absolute Gasteiger partial charge is 0.324 e. The van der Waals surface area contributed by atoms with E-state index in [0.29, 0.717) is 5.69 Å². The summed E-state index contributed by atoms with van der Waals surface area (Å²) in [4.78, 5) is 25.4. The van der Waals surface area contributed by atoms with Gasteiger partial charge >= 0.3 is 0 Å². The van der Waals surface area contributed by atoms with Gasteiger partial charge in [0.2, 0.25) is 11.8 Å². The number of rotatable bonds is 3. The SMILES string of the molecule is CC(=O)Nc1cnn(CC(=O)N2c3ccccc3CC2C)c1. The highest BCUT2D eigenvalue weighted by Crippen LogP contribution is 2.31. The third kappa shape index (κ3) is 2.72. The van der Waals surface area contributed by atoms with Gasteiger partial charge in [-0.25, -0.2) is 0 Å². The second-order valence-electron chi connectivity index (χ2n) is 5.55. The van der Waals surface area contributed by atoms with Gasteiger partial charge in [0.25, 0.3) is 0 Å². The topological polar surface area (TPSA) is 67.2 Å². The zero-order valence-corrected chi connectivity index (χ0v) is 12.6. The van der Waals surface area contributed by atoms with Crippen LogP contribution in [0.1, 0.15) is 19.4 Å². The lowest BCUT2D eigenvalue weighted by Crippen LogP contribution is -2.38. The van der Waals surface area contributed by atoms with Crippen molar-refractivity contribution in [3.05, 3.63) is 42.2 Å². The Morgan fingerprint density at radius 2 is 2.14 bits per heavy atom. The highest BCUT2D eigenvalue weighted by Gasteiger charge is 2.30. The molecule has 2 heterocycles. The van der Waals surface area contributed by atoms with Crippen molar-refractivity contribution in [1.82, 2.24) is 9.78 Å². The number of benzene rings is 1. The molecule has 1 aromatic heterocycles. The van der Waals surface area contributed by atoms with E-state index in [1.165, 1.54) is 18.7 Å². The van der Waals surface area contributed by atoms with Gasteiger partial charge in [-0.15, -0.1) is 0 Å². The number of fused-ring (bicyclic) bond motifs is 1. The summed E-state index contributed by atoms with van der Waals surface area (Å²) < 4.78 is 1.54. The van der Waals surface area contributed by atoms with Crippen molar-refractivity contribution in [2.45, 2.75) is 32.9 Å². The van der Waals surface area contributed by atoms with Crippen LogP contribution in [0.4, 0.5) is 11.4 Å². The van der Waals surface area contributed by atoms with Crippen LogP contribution < -0.4 is 10.2 Å². The lowest BCUT2D eigenvalue weighted by molar-refractivity contribution is -0.119. The summed E-state index contributed by atoms with van der Waals surface area (Å²) in [7, 11) is 0. The standard InChI is InChI=1S/C16H18N4O2/c1-11-7-13-5-3-4-6-15(13)20(11)16(22)10-19-9-14(8-17-19)18-12(2)21/h3-6,8-9,11H,7,10H2,1-2H3,(H,18,21). The van der Waals surface area contributed by atoms with E-state index in [-0.39, 0.29) is 24.4 Å². The number of nitrogens with one attached hydrogen (secondary N) is 1. The van der Waals surface area contributed by atoms with Gasteiger partial charge in [0.15, 0.2) is 0 Å². The second-order valence-corrected chi connectivity index (χ2v) is 5.55. The fraction of sp³-hybridized carbons (Fsp3) is 0.312. The fourth-order valence-corrected chi connectivity index (χ4v) is 2.88. The van der Waals surface area contributed by atoms with Crippen molar-refractivity contribution in [2.75, 3.05) is 10.2 Å². The Labute approximate surface area is 128 Å². The smallest absolute Gasteiger partial charge is 0.248 e. The van der Waals surface area contributed by atoms with Crippen molar-refractivity contribution in [3.8, 4) is 0 Å². The summed E-state index contributed by atoms with van der Waals surface area (Å²) in [5.41, 5.74) is 2.77. The molecular formula is C16H18N4O2. The molecule has 0 bridgehead atoms. The summed E-state index contributed by atoms with van der Waals surface area (Å²) in [5.74, 6) is -0.164. The molecule has 22 heavy (non-hydrogen) atoms. The number of anilines is 2. The Morgan fingerprint density at radius 1 is 1.36 bits per heavy atom. The Bertz CT molecular complexity index is 722. The second kappa shape index (κ2) is 5.63. The van der Waals surface area contributed by atoms with Crippen molar-refractivity contribution >= 4 is 23.2 Å². The Balaban J connectivity index is 1.75. The molecule has 2 aromatic rings. The molecule has 6 nitrogen and oxygen atoms in total. The number of hydrogen-bond acceptors (Lipinski definition) is 3. The Hall–Kier alpha value is -2.63. The van der Waals surface area contributed by atoms with E-state index in [9.17, 15) is 9.59 Å². The first-order valence-corrected chi connectivity index (χ1v) is 7.24. The Kier molecular flexibility index (Phi) is 3.66. The van der Waals surface area contributed by atoms with Gasteiger partial charge < -0.3 is 10.2 Å².